The van der Waals surface area contributed by atoms with Crippen molar-refractivity contribution in [3.05, 3.63) is 29.8 Å². The van der Waals surface area contributed by atoms with E-state index < -0.39 is 6.57 Å². The largest absolute Gasteiger partial charge is 0.441 e. The monoisotopic (exact) mass is 314 g/mol. The zero-order valence-electron chi connectivity index (χ0n) is 13.3. The normalized spacial score (nSPS) is 12.2. The molecule has 0 amide bonds. The Balaban J connectivity index is 3.10. The summed E-state index contributed by atoms with van der Waals surface area (Å²) in [5.41, 5.74) is 1.23. The van der Waals surface area contributed by atoms with Gasteiger partial charge < -0.3 is 4.52 Å². The summed E-state index contributed by atoms with van der Waals surface area (Å²) in [5, 5.41) is 0. The van der Waals surface area contributed by atoms with Crippen LogP contribution in [-0.4, -0.2) is 35.5 Å². The second-order valence-electron chi connectivity index (χ2n) is 4.67. The van der Waals surface area contributed by atoms with Gasteiger partial charge in [-0.25, -0.2) is 9.34 Å². The summed E-state index contributed by atoms with van der Waals surface area (Å²) >= 11 is 6.00. The molecule has 0 aliphatic rings. The van der Waals surface area contributed by atoms with Crippen LogP contribution in [0.15, 0.2) is 24.3 Å². The highest BCUT2D eigenvalue weighted by Crippen LogP contribution is 2.53. The van der Waals surface area contributed by atoms with Crippen LogP contribution in [0.3, 0.4) is 0 Å². The van der Waals surface area contributed by atoms with Crippen molar-refractivity contribution in [2.45, 2.75) is 34.6 Å². The topological polar surface area (TPSA) is 15.7 Å². The van der Waals surface area contributed by atoms with Crippen molar-refractivity contribution in [1.29, 1.82) is 0 Å². The summed E-state index contributed by atoms with van der Waals surface area (Å²) in [4.78, 5) is 0. The minimum Gasteiger partial charge on any atom is -0.441 e. The van der Waals surface area contributed by atoms with Crippen molar-refractivity contribution in [2.24, 2.45) is 0 Å². The molecule has 1 rings (SSSR count). The smallest absolute Gasteiger partial charge is 0.253 e. The molecule has 1 aromatic rings. The third-order valence-electron chi connectivity index (χ3n) is 3.42. The van der Waals surface area contributed by atoms with E-state index in [0.717, 1.165) is 31.9 Å². The first kappa shape index (κ1) is 17.6. The minimum atomic E-state index is -2.18. The Morgan fingerprint density at radius 2 is 1.30 bits per heavy atom. The van der Waals surface area contributed by atoms with Crippen LogP contribution in [-0.2, 0) is 11.8 Å². The van der Waals surface area contributed by atoms with Crippen LogP contribution in [0.25, 0.3) is 0 Å². The Labute approximate surface area is 129 Å². The van der Waals surface area contributed by atoms with Gasteiger partial charge in [0.25, 0.3) is 6.57 Å². The van der Waals surface area contributed by atoms with E-state index in [2.05, 4.69) is 56.1 Å². The number of rotatable bonds is 8. The van der Waals surface area contributed by atoms with Gasteiger partial charge in [-0.3, -0.25) is 0 Å². The third kappa shape index (κ3) is 4.05. The number of benzene rings is 1. The average Bonchev–Trinajstić information content (AvgIpc) is 2.44. The lowest BCUT2D eigenvalue weighted by atomic mass is 10.2. The minimum absolute atomic E-state index is 0.873. The second-order valence-corrected chi connectivity index (χ2v) is 8.39. The molecule has 0 unspecified atom stereocenters. The van der Waals surface area contributed by atoms with Crippen molar-refractivity contribution in [3.63, 3.8) is 0 Å². The SMILES string of the molecule is CCN(CC)P(=S)(Oc1ccc(C)cc1)N(CC)CC. The summed E-state index contributed by atoms with van der Waals surface area (Å²) < 4.78 is 10.9. The molecule has 0 saturated heterocycles. The first-order valence-electron chi connectivity index (χ1n) is 7.38. The molecule has 0 atom stereocenters. The summed E-state index contributed by atoms with van der Waals surface area (Å²) in [7, 11) is 0. The van der Waals surface area contributed by atoms with Crippen LogP contribution in [0.2, 0.25) is 0 Å². The molecule has 1 aromatic carbocycles. The molecular weight excluding hydrogens is 287 g/mol. The maximum atomic E-state index is 6.32. The van der Waals surface area contributed by atoms with Gasteiger partial charge in [-0.2, -0.15) is 0 Å². The van der Waals surface area contributed by atoms with Gasteiger partial charge in [-0.05, 0) is 30.9 Å². The van der Waals surface area contributed by atoms with E-state index in [9.17, 15) is 0 Å². The number of aryl methyl sites for hydroxylation is 1. The molecule has 0 radical (unpaired) electrons. The van der Waals surface area contributed by atoms with Gasteiger partial charge in [-0.15, -0.1) is 0 Å². The fourth-order valence-electron chi connectivity index (χ4n) is 2.19. The molecule has 114 valence electrons. The van der Waals surface area contributed by atoms with Gasteiger partial charge in [0.15, 0.2) is 0 Å². The molecule has 0 spiro atoms. The van der Waals surface area contributed by atoms with Gasteiger partial charge in [0.05, 0.1) is 0 Å². The van der Waals surface area contributed by atoms with E-state index >= 15 is 0 Å². The summed E-state index contributed by atoms with van der Waals surface area (Å²) in [6, 6.07) is 8.17. The van der Waals surface area contributed by atoms with Gasteiger partial charge >= 0.3 is 0 Å². The number of hydrogen-bond acceptors (Lipinski definition) is 2. The highest BCUT2D eigenvalue weighted by atomic mass is 32.5. The zero-order valence-corrected chi connectivity index (χ0v) is 15.0. The Kier molecular flexibility index (Phi) is 7.18. The quantitative estimate of drug-likeness (QED) is 0.665. The van der Waals surface area contributed by atoms with E-state index in [4.69, 9.17) is 16.3 Å². The number of hydrogen-bond donors (Lipinski definition) is 0. The number of nitrogens with zero attached hydrogens (tertiary/aromatic N) is 2. The Hall–Kier alpha value is -0.410. The van der Waals surface area contributed by atoms with E-state index in [-0.39, 0.29) is 0 Å². The van der Waals surface area contributed by atoms with Crippen LogP contribution >= 0.6 is 6.57 Å². The fourth-order valence-corrected chi connectivity index (χ4v) is 6.25. The van der Waals surface area contributed by atoms with Gasteiger partial charge in [0.2, 0.25) is 0 Å². The standard InChI is InChI=1S/C15H27N2OPS/c1-6-16(7-2)19(20,17(8-3)9-4)18-15-12-10-14(5)11-13-15/h10-13H,6-9H2,1-5H3. The second kappa shape index (κ2) is 8.14. The molecule has 5 heteroatoms. The van der Waals surface area contributed by atoms with Crippen LogP contribution in [0.5, 0.6) is 5.75 Å². The zero-order chi connectivity index (χ0) is 15.2. The summed E-state index contributed by atoms with van der Waals surface area (Å²) in [6.45, 7) is 12.1. The molecular formula is C15H27N2OPS. The van der Waals surface area contributed by atoms with E-state index in [1.54, 1.807) is 0 Å². The van der Waals surface area contributed by atoms with Crippen molar-refractivity contribution in [2.75, 3.05) is 26.2 Å². The third-order valence-corrected chi connectivity index (χ3v) is 8.04. The first-order valence-corrected chi connectivity index (χ1v) is 10.0. The molecule has 20 heavy (non-hydrogen) atoms. The van der Waals surface area contributed by atoms with Crippen LogP contribution in [0, 0.1) is 6.92 Å². The molecule has 0 fully saturated rings. The lowest BCUT2D eigenvalue weighted by Crippen LogP contribution is -2.34. The van der Waals surface area contributed by atoms with Crippen LogP contribution in [0.4, 0.5) is 0 Å². The predicted molar refractivity (Wildman–Crippen MR) is 91.9 cm³/mol. The Bertz CT molecular complexity index is 426. The van der Waals surface area contributed by atoms with Crippen molar-refractivity contribution >= 4 is 18.4 Å². The summed E-state index contributed by atoms with van der Waals surface area (Å²) in [6.07, 6.45) is 0. The van der Waals surface area contributed by atoms with E-state index in [1.807, 2.05) is 12.1 Å². The van der Waals surface area contributed by atoms with Gasteiger partial charge in [-0.1, -0.05) is 45.4 Å². The highest BCUT2D eigenvalue weighted by molar-refractivity contribution is 8.10. The Morgan fingerprint density at radius 3 is 1.65 bits per heavy atom. The van der Waals surface area contributed by atoms with E-state index in [0.29, 0.717) is 0 Å². The molecule has 0 N–H and O–H groups in total. The van der Waals surface area contributed by atoms with Crippen LogP contribution in [0.1, 0.15) is 33.3 Å². The van der Waals surface area contributed by atoms with Crippen molar-refractivity contribution in [3.8, 4) is 5.75 Å². The lowest BCUT2D eigenvalue weighted by Gasteiger charge is -2.40. The molecule has 0 saturated carbocycles. The lowest BCUT2D eigenvalue weighted by molar-refractivity contribution is 0.357. The van der Waals surface area contributed by atoms with Crippen LogP contribution < -0.4 is 4.52 Å². The molecule has 0 bridgehead atoms. The fraction of sp³-hybridized carbons (Fsp3) is 0.600. The van der Waals surface area contributed by atoms with E-state index in [1.165, 1.54) is 5.56 Å². The molecule has 0 heterocycles. The van der Waals surface area contributed by atoms with Crippen molar-refractivity contribution in [1.82, 2.24) is 9.34 Å². The average molecular weight is 314 g/mol. The molecule has 3 nitrogen and oxygen atoms in total. The molecule has 0 aromatic heterocycles. The highest BCUT2D eigenvalue weighted by Gasteiger charge is 2.31. The maximum Gasteiger partial charge on any atom is 0.253 e. The molecule has 0 aliphatic carbocycles. The van der Waals surface area contributed by atoms with Gasteiger partial charge in [0, 0.05) is 26.2 Å². The summed E-state index contributed by atoms with van der Waals surface area (Å²) in [5.74, 6) is 0.873. The van der Waals surface area contributed by atoms with Crippen molar-refractivity contribution < 1.29 is 4.52 Å². The molecule has 0 aliphatic heterocycles. The first-order chi connectivity index (χ1) is 9.51. The predicted octanol–water partition coefficient (Wildman–Crippen LogP) is 4.28. The Morgan fingerprint density at radius 1 is 0.900 bits per heavy atom. The van der Waals surface area contributed by atoms with Gasteiger partial charge in [0.1, 0.15) is 5.75 Å². The maximum absolute atomic E-state index is 6.32.